The van der Waals surface area contributed by atoms with Crippen molar-refractivity contribution in [2.45, 2.75) is 13.3 Å². The normalized spacial score (nSPS) is 17.2. The summed E-state index contributed by atoms with van der Waals surface area (Å²) in [5, 5.41) is 6.04. The van der Waals surface area contributed by atoms with E-state index < -0.39 is 0 Å². The Labute approximate surface area is 141 Å². The number of nitrogens with zero attached hydrogens (tertiary/aromatic N) is 1. The predicted molar refractivity (Wildman–Crippen MR) is 91.6 cm³/mol. The lowest BCUT2D eigenvalue weighted by molar-refractivity contribution is -0.125. The minimum atomic E-state index is -0.330. The van der Waals surface area contributed by atoms with Gasteiger partial charge in [0.05, 0.1) is 13.1 Å². The van der Waals surface area contributed by atoms with Crippen molar-refractivity contribution in [3.8, 4) is 0 Å². The number of hydrogen-bond donors (Lipinski definition) is 3. The molecule has 1 aromatic carbocycles. The van der Waals surface area contributed by atoms with E-state index >= 15 is 0 Å². The number of nitrogens with one attached hydrogen (secondary N) is 2. The zero-order chi connectivity index (χ0) is 16.8. The fourth-order valence-electron chi connectivity index (χ4n) is 2.71. The van der Waals surface area contributed by atoms with E-state index in [-0.39, 0.29) is 24.9 Å². The second-order valence-corrected chi connectivity index (χ2v) is 6.25. The summed E-state index contributed by atoms with van der Waals surface area (Å²) in [4.78, 5) is 25.0. The molecule has 1 heterocycles. The van der Waals surface area contributed by atoms with Crippen LogP contribution in [0.1, 0.15) is 12.0 Å². The lowest BCUT2D eigenvalue weighted by Crippen LogP contribution is -2.41. The summed E-state index contributed by atoms with van der Waals surface area (Å²) in [5.41, 5.74) is 7.52. The first kappa shape index (κ1) is 17.6. The highest BCUT2D eigenvalue weighted by atomic mass is 35.5. The number of hydrogen-bond acceptors (Lipinski definition) is 4. The molecule has 0 saturated carbocycles. The molecule has 126 valence electrons. The van der Waals surface area contributed by atoms with Gasteiger partial charge >= 0.3 is 0 Å². The van der Waals surface area contributed by atoms with Crippen LogP contribution in [0.2, 0.25) is 5.02 Å². The molecule has 2 amide bonds. The Hall–Kier alpha value is -1.79. The number of aryl methyl sites for hydroxylation is 1. The van der Waals surface area contributed by atoms with E-state index in [0.717, 1.165) is 30.2 Å². The van der Waals surface area contributed by atoms with E-state index in [1.54, 1.807) is 0 Å². The number of nitrogens with two attached hydrogens (primary N) is 1. The molecular formula is C16H23ClN4O2. The molecule has 1 unspecified atom stereocenters. The molecule has 0 bridgehead atoms. The number of halogens is 1. The first-order valence-corrected chi connectivity index (χ1v) is 8.12. The lowest BCUT2D eigenvalue weighted by atomic mass is 10.1. The van der Waals surface area contributed by atoms with Crippen LogP contribution in [0.15, 0.2) is 18.2 Å². The Morgan fingerprint density at radius 2 is 2.13 bits per heavy atom. The molecule has 0 aromatic heterocycles. The SMILES string of the molecule is Cc1ccc(Cl)cc1N1CCC(CNC(=O)CNC(=O)CN)C1. The van der Waals surface area contributed by atoms with Crippen LogP contribution in [0.5, 0.6) is 0 Å². The van der Waals surface area contributed by atoms with Crippen LogP contribution in [0, 0.1) is 12.8 Å². The molecule has 6 nitrogen and oxygen atoms in total. The van der Waals surface area contributed by atoms with Crippen LogP contribution < -0.4 is 21.3 Å². The van der Waals surface area contributed by atoms with Crippen LogP contribution in [0.4, 0.5) is 5.69 Å². The number of rotatable bonds is 6. The summed E-state index contributed by atoms with van der Waals surface area (Å²) in [5.74, 6) is -0.129. The molecule has 1 aliphatic heterocycles. The average Bonchev–Trinajstić information content (AvgIpc) is 3.01. The molecule has 4 N–H and O–H groups in total. The van der Waals surface area contributed by atoms with E-state index in [1.165, 1.54) is 5.56 Å². The third kappa shape index (κ3) is 5.11. The maximum atomic E-state index is 11.7. The van der Waals surface area contributed by atoms with Gasteiger partial charge in [0.2, 0.25) is 11.8 Å². The van der Waals surface area contributed by atoms with Crippen molar-refractivity contribution >= 4 is 29.1 Å². The number of carbonyl (C=O) groups is 2. The predicted octanol–water partition coefficient (Wildman–Crippen LogP) is 0.666. The summed E-state index contributed by atoms with van der Waals surface area (Å²) >= 11 is 6.08. The van der Waals surface area contributed by atoms with Gasteiger partial charge in [-0.25, -0.2) is 0 Å². The Morgan fingerprint density at radius 1 is 1.35 bits per heavy atom. The molecule has 0 aliphatic carbocycles. The summed E-state index contributed by atoms with van der Waals surface area (Å²) < 4.78 is 0. The van der Waals surface area contributed by atoms with Crippen molar-refractivity contribution < 1.29 is 9.59 Å². The van der Waals surface area contributed by atoms with E-state index in [2.05, 4.69) is 22.5 Å². The number of amides is 2. The van der Waals surface area contributed by atoms with Gasteiger partial charge in [-0.15, -0.1) is 0 Å². The highest BCUT2D eigenvalue weighted by molar-refractivity contribution is 6.30. The van der Waals surface area contributed by atoms with Crippen LogP contribution >= 0.6 is 11.6 Å². The summed E-state index contributed by atoms with van der Waals surface area (Å²) in [6, 6.07) is 5.90. The average molecular weight is 339 g/mol. The Morgan fingerprint density at radius 3 is 2.87 bits per heavy atom. The zero-order valence-corrected chi connectivity index (χ0v) is 14.0. The van der Waals surface area contributed by atoms with E-state index in [0.29, 0.717) is 12.5 Å². The monoisotopic (exact) mass is 338 g/mol. The van der Waals surface area contributed by atoms with E-state index in [1.807, 2.05) is 18.2 Å². The summed E-state index contributed by atoms with van der Waals surface area (Å²) in [6.07, 6.45) is 1.02. The Balaban J connectivity index is 1.78. The zero-order valence-electron chi connectivity index (χ0n) is 13.3. The highest BCUT2D eigenvalue weighted by Crippen LogP contribution is 2.29. The van der Waals surface area contributed by atoms with Crippen LogP contribution in [0.25, 0.3) is 0 Å². The van der Waals surface area contributed by atoms with Gasteiger partial charge in [-0.05, 0) is 37.0 Å². The molecule has 23 heavy (non-hydrogen) atoms. The highest BCUT2D eigenvalue weighted by Gasteiger charge is 2.24. The molecule has 7 heteroatoms. The van der Waals surface area contributed by atoms with Crippen LogP contribution in [0.3, 0.4) is 0 Å². The van der Waals surface area contributed by atoms with Crippen molar-refractivity contribution in [1.82, 2.24) is 10.6 Å². The largest absolute Gasteiger partial charge is 0.371 e. The molecule has 1 aliphatic rings. The van der Waals surface area contributed by atoms with Crippen molar-refractivity contribution in [1.29, 1.82) is 0 Å². The Bertz CT molecular complexity index is 579. The molecule has 1 aromatic rings. The third-order valence-corrected chi connectivity index (χ3v) is 4.25. The summed E-state index contributed by atoms with van der Waals surface area (Å²) in [7, 11) is 0. The fraction of sp³-hybridized carbons (Fsp3) is 0.500. The van der Waals surface area contributed by atoms with Gasteiger partial charge in [0.15, 0.2) is 0 Å². The van der Waals surface area contributed by atoms with Gasteiger partial charge in [0.25, 0.3) is 0 Å². The molecule has 1 saturated heterocycles. The number of anilines is 1. The summed E-state index contributed by atoms with van der Waals surface area (Å²) in [6.45, 7) is 4.38. The maximum Gasteiger partial charge on any atom is 0.239 e. The van der Waals surface area contributed by atoms with Gasteiger partial charge in [0, 0.05) is 30.3 Å². The maximum absolute atomic E-state index is 11.7. The standard InChI is InChI=1S/C16H23ClN4O2/c1-11-2-3-13(17)6-14(11)21-5-4-12(10-21)8-19-16(23)9-20-15(22)7-18/h2-3,6,12H,4-5,7-10,18H2,1H3,(H,19,23)(H,20,22). The Kier molecular flexibility index (Phi) is 6.24. The number of carbonyl (C=O) groups excluding carboxylic acids is 2. The van der Waals surface area contributed by atoms with Gasteiger partial charge < -0.3 is 21.3 Å². The second-order valence-electron chi connectivity index (χ2n) is 5.82. The second kappa shape index (κ2) is 8.17. The van der Waals surface area contributed by atoms with E-state index in [9.17, 15) is 9.59 Å². The molecule has 1 atom stereocenters. The van der Waals surface area contributed by atoms with Crippen molar-refractivity contribution in [2.75, 3.05) is 37.6 Å². The van der Waals surface area contributed by atoms with E-state index in [4.69, 9.17) is 17.3 Å². The molecular weight excluding hydrogens is 316 g/mol. The molecule has 0 spiro atoms. The number of benzene rings is 1. The topological polar surface area (TPSA) is 87.5 Å². The van der Waals surface area contributed by atoms with Gasteiger partial charge in [-0.3, -0.25) is 9.59 Å². The van der Waals surface area contributed by atoms with Gasteiger partial charge in [-0.2, -0.15) is 0 Å². The lowest BCUT2D eigenvalue weighted by Gasteiger charge is -2.21. The van der Waals surface area contributed by atoms with Crippen LogP contribution in [-0.4, -0.2) is 44.5 Å². The van der Waals surface area contributed by atoms with Crippen molar-refractivity contribution in [3.05, 3.63) is 28.8 Å². The fourth-order valence-corrected chi connectivity index (χ4v) is 2.88. The molecule has 0 radical (unpaired) electrons. The van der Waals surface area contributed by atoms with Crippen molar-refractivity contribution in [2.24, 2.45) is 11.7 Å². The van der Waals surface area contributed by atoms with Crippen molar-refractivity contribution in [3.63, 3.8) is 0 Å². The van der Waals surface area contributed by atoms with Crippen LogP contribution in [-0.2, 0) is 9.59 Å². The smallest absolute Gasteiger partial charge is 0.239 e. The minimum absolute atomic E-state index is 0.0279. The first-order valence-electron chi connectivity index (χ1n) is 7.74. The first-order chi connectivity index (χ1) is 11.0. The molecule has 2 rings (SSSR count). The van der Waals surface area contributed by atoms with Gasteiger partial charge in [-0.1, -0.05) is 17.7 Å². The van der Waals surface area contributed by atoms with Gasteiger partial charge in [0.1, 0.15) is 0 Å². The quantitative estimate of drug-likeness (QED) is 0.711. The molecule has 1 fully saturated rings. The minimum Gasteiger partial charge on any atom is -0.371 e. The third-order valence-electron chi connectivity index (χ3n) is 4.02.